The normalized spacial score (nSPS) is 38.9. The van der Waals surface area contributed by atoms with E-state index in [0.29, 0.717) is 31.8 Å². The first-order valence-electron chi connectivity index (χ1n) is 7.08. The quantitative estimate of drug-likeness (QED) is 0.817. The molecule has 19 heavy (non-hydrogen) atoms. The number of carbonyl (C=O) groups is 2. The number of carboxylic acids is 1. The number of ether oxygens (including phenoxy) is 1. The van der Waals surface area contributed by atoms with Gasteiger partial charge in [-0.3, -0.25) is 4.79 Å². The second-order valence-electron chi connectivity index (χ2n) is 6.21. The summed E-state index contributed by atoms with van der Waals surface area (Å²) in [5.41, 5.74) is -1.95. The van der Waals surface area contributed by atoms with Crippen LogP contribution in [0.5, 0.6) is 0 Å². The highest BCUT2D eigenvalue weighted by atomic mass is 16.5. The fourth-order valence-electron chi connectivity index (χ4n) is 2.95. The molecule has 0 aromatic carbocycles. The van der Waals surface area contributed by atoms with Crippen LogP contribution in [0.25, 0.3) is 0 Å². The Balaban J connectivity index is 2.09. The van der Waals surface area contributed by atoms with E-state index < -0.39 is 17.1 Å². The van der Waals surface area contributed by atoms with Crippen molar-refractivity contribution >= 4 is 11.9 Å². The van der Waals surface area contributed by atoms with Crippen LogP contribution >= 0.6 is 0 Å². The van der Waals surface area contributed by atoms with E-state index in [1.165, 1.54) is 0 Å². The van der Waals surface area contributed by atoms with Gasteiger partial charge in [0.1, 0.15) is 11.1 Å². The molecule has 0 radical (unpaired) electrons. The van der Waals surface area contributed by atoms with E-state index >= 15 is 0 Å². The molecule has 2 rings (SSSR count). The lowest BCUT2D eigenvalue weighted by Gasteiger charge is -2.38. The first kappa shape index (κ1) is 14.3. The van der Waals surface area contributed by atoms with Crippen molar-refractivity contribution in [3.63, 3.8) is 0 Å². The Labute approximate surface area is 113 Å². The third kappa shape index (κ3) is 2.76. The molecule has 1 saturated carbocycles. The smallest absolute Gasteiger partial charge is 0.329 e. The molecule has 0 bridgehead atoms. The van der Waals surface area contributed by atoms with Crippen molar-refractivity contribution in [1.82, 2.24) is 5.32 Å². The standard InChI is InChI=1S/C14H23NO4/c1-10-4-7-14(8-5-10,12(17)18)15-11(16)13(2)6-3-9-19-13/h10H,3-9H2,1-2H3,(H,15,16)(H,17,18). The van der Waals surface area contributed by atoms with Gasteiger partial charge in [0, 0.05) is 6.61 Å². The Hall–Kier alpha value is -1.10. The summed E-state index contributed by atoms with van der Waals surface area (Å²) in [5.74, 6) is -0.668. The molecule has 0 aromatic rings. The van der Waals surface area contributed by atoms with Crippen molar-refractivity contribution in [3.8, 4) is 0 Å². The van der Waals surface area contributed by atoms with Crippen molar-refractivity contribution in [2.75, 3.05) is 6.61 Å². The summed E-state index contributed by atoms with van der Waals surface area (Å²) >= 11 is 0. The molecule has 2 aliphatic rings. The largest absolute Gasteiger partial charge is 0.480 e. The van der Waals surface area contributed by atoms with Crippen molar-refractivity contribution in [3.05, 3.63) is 0 Å². The van der Waals surface area contributed by atoms with E-state index in [9.17, 15) is 14.7 Å². The highest BCUT2D eigenvalue weighted by Gasteiger charge is 2.47. The molecule has 5 nitrogen and oxygen atoms in total. The van der Waals surface area contributed by atoms with Gasteiger partial charge >= 0.3 is 5.97 Å². The Morgan fingerprint density at radius 1 is 1.26 bits per heavy atom. The van der Waals surface area contributed by atoms with Crippen LogP contribution in [-0.4, -0.2) is 34.7 Å². The van der Waals surface area contributed by atoms with E-state index in [1.807, 2.05) is 0 Å². The molecule has 1 amide bonds. The minimum Gasteiger partial charge on any atom is -0.480 e. The van der Waals surface area contributed by atoms with Gasteiger partial charge in [-0.05, 0) is 51.4 Å². The second-order valence-corrected chi connectivity index (χ2v) is 6.21. The van der Waals surface area contributed by atoms with Crippen LogP contribution in [0.4, 0.5) is 0 Å². The fourth-order valence-corrected chi connectivity index (χ4v) is 2.95. The lowest BCUT2D eigenvalue weighted by atomic mass is 9.76. The third-order valence-corrected chi connectivity index (χ3v) is 4.59. The maximum atomic E-state index is 12.3. The van der Waals surface area contributed by atoms with Gasteiger partial charge in [0.25, 0.3) is 5.91 Å². The third-order valence-electron chi connectivity index (χ3n) is 4.59. The molecule has 1 saturated heterocycles. The number of hydrogen-bond donors (Lipinski definition) is 2. The predicted molar refractivity (Wildman–Crippen MR) is 69.7 cm³/mol. The zero-order chi connectivity index (χ0) is 14.1. The fraction of sp³-hybridized carbons (Fsp3) is 0.857. The van der Waals surface area contributed by atoms with Gasteiger partial charge in [-0.25, -0.2) is 4.79 Å². The molecule has 1 heterocycles. The molecule has 108 valence electrons. The number of carboxylic acid groups (broad SMARTS) is 1. The summed E-state index contributed by atoms with van der Waals surface area (Å²) in [6.45, 7) is 4.44. The zero-order valence-corrected chi connectivity index (χ0v) is 11.7. The molecule has 2 fully saturated rings. The summed E-state index contributed by atoms with van der Waals surface area (Å²) in [4.78, 5) is 23.9. The van der Waals surface area contributed by atoms with Crippen molar-refractivity contribution in [1.29, 1.82) is 0 Å². The zero-order valence-electron chi connectivity index (χ0n) is 11.7. The molecular formula is C14H23NO4. The summed E-state index contributed by atoms with van der Waals surface area (Å²) < 4.78 is 5.48. The molecule has 5 heteroatoms. The van der Waals surface area contributed by atoms with Gasteiger partial charge in [0.2, 0.25) is 0 Å². The Kier molecular flexibility index (Phi) is 3.85. The molecular weight excluding hydrogens is 246 g/mol. The Morgan fingerprint density at radius 3 is 2.37 bits per heavy atom. The van der Waals surface area contributed by atoms with Crippen LogP contribution in [0.15, 0.2) is 0 Å². The minimum absolute atomic E-state index is 0.276. The summed E-state index contributed by atoms with van der Waals surface area (Å²) in [5, 5.41) is 12.3. The second kappa shape index (κ2) is 5.12. The first-order valence-corrected chi connectivity index (χ1v) is 7.08. The first-order chi connectivity index (χ1) is 8.88. The van der Waals surface area contributed by atoms with E-state index in [4.69, 9.17) is 4.74 Å². The van der Waals surface area contributed by atoms with Crippen LogP contribution in [0.2, 0.25) is 0 Å². The number of amides is 1. The van der Waals surface area contributed by atoms with Gasteiger partial charge in [0.05, 0.1) is 0 Å². The van der Waals surface area contributed by atoms with Gasteiger partial charge in [-0.15, -0.1) is 0 Å². The molecule has 1 aliphatic heterocycles. The SMILES string of the molecule is CC1CCC(NC(=O)C2(C)CCCO2)(C(=O)O)CC1. The lowest BCUT2D eigenvalue weighted by molar-refractivity contribution is -0.154. The maximum absolute atomic E-state index is 12.3. The highest BCUT2D eigenvalue weighted by Crippen LogP contribution is 2.34. The van der Waals surface area contributed by atoms with Crippen LogP contribution in [0, 0.1) is 5.92 Å². The number of rotatable bonds is 3. The highest BCUT2D eigenvalue weighted by molar-refractivity contribution is 5.91. The van der Waals surface area contributed by atoms with E-state index in [-0.39, 0.29) is 5.91 Å². The summed E-state index contributed by atoms with van der Waals surface area (Å²) in [6.07, 6.45) is 4.19. The van der Waals surface area contributed by atoms with Crippen LogP contribution in [0.3, 0.4) is 0 Å². The maximum Gasteiger partial charge on any atom is 0.329 e. The van der Waals surface area contributed by atoms with Gasteiger partial charge in [-0.1, -0.05) is 6.92 Å². The number of aliphatic carboxylic acids is 1. The predicted octanol–water partition coefficient (Wildman–Crippen LogP) is 1.71. The average molecular weight is 269 g/mol. The molecule has 2 N–H and O–H groups in total. The number of carbonyl (C=O) groups excluding carboxylic acids is 1. The van der Waals surface area contributed by atoms with E-state index in [1.54, 1.807) is 6.92 Å². The Bertz CT molecular complexity index is 366. The monoisotopic (exact) mass is 269 g/mol. The average Bonchev–Trinajstić information content (AvgIpc) is 2.80. The van der Waals surface area contributed by atoms with Crippen LogP contribution in [0.1, 0.15) is 52.4 Å². The van der Waals surface area contributed by atoms with Gasteiger partial charge in [-0.2, -0.15) is 0 Å². The van der Waals surface area contributed by atoms with Gasteiger partial charge < -0.3 is 15.2 Å². The topological polar surface area (TPSA) is 75.6 Å². The van der Waals surface area contributed by atoms with Crippen molar-refractivity contribution in [2.24, 2.45) is 5.92 Å². The Morgan fingerprint density at radius 2 is 1.89 bits per heavy atom. The van der Waals surface area contributed by atoms with Gasteiger partial charge in [0.15, 0.2) is 0 Å². The molecule has 1 aliphatic carbocycles. The molecule has 1 atom stereocenters. The molecule has 0 spiro atoms. The van der Waals surface area contributed by atoms with Crippen LogP contribution < -0.4 is 5.32 Å². The molecule has 1 unspecified atom stereocenters. The van der Waals surface area contributed by atoms with Crippen LogP contribution in [-0.2, 0) is 14.3 Å². The number of nitrogens with one attached hydrogen (secondary N) is 1. The molecule has 0 aromatic heterocycles. The van der Waals surface area contributed by atoms with E-state index in [0.717, 1.165) is 19.3 Å². The summed E-state index contributed by atoms with van der Waals surface area (Å²) in [6, 6.07) is 0. The number of hydrogen-bond acceptors (Lipinski definition) is 3. The summed E-state index contributed by atoms with van der Waals surface area (Å²) in [7, 11) is 0. The van der Waals surface area contributed by atoms with Crippen molar-refractivity contribution < 1.29 is 19.4 Å². The minimum atomic E-state index is -1.10. The van der Waals surface area contributed by atoms with E-state index in [2.05, 4.69) is 12.2 Å². The van der Waals surface area contributed by atoms with Crippen molar-refractivity contribution in [2.45, 2.75) is 63.5 Å². The lowest BCUT2D eigenvalue weighted by Crippen LogP contribution is -2.60.